The fourth-order valence-corrected chi connectivity index (χ4v) is 1.24. The van der Waals surface area contributed by atoms with Crippen LogP contribution in [0.1, 0.15) is 39.2 Å². The first-order chi connectivity index (χ1) is 7.52. The van der Waals surface area contributed by atoms with Crippen LogP contribution in [0.2, 0.25) is 0 Å². The van der Waals surface area contributed by atoms with Crippen molar-refractivity contribution < 1.29 is 0 Å². The highest BCUT2D eigenvalue weighted by Crippen LogP contribution is 2.33. The number of nitrogens with two attached hydrogens (primary N) is 1. The first-order valence-corrected chi connectivity index (χ1v) is 5.64. The van der Waals surface area contributed by atoms with Crippen molar-refractivity contribution in [3.63, 3.8) is 0 Å². The standard InChI is InChI=1S/C12H18.C2H4.CH5N/c1-10(12(2,3)4)11-8-6-5-7-9-11;2*1-2/h5-10H,1-4H3;1-2H2;2H2,1H3. The van der Waals surface area contributed by atoms with Crippen LogP contribution in [0.15, 0.2) is 43.5 Å². The van der Waals surface area contributed by atoms with E-state index in [0.717, 1.165) is 0 Å². The molecule has 1 nitrogen and oxygen atoms in total. The van der Waals surface area contributed by atoms with Crippen LogP contribution in [0.4, 0.5) is 0 Å². The second-order valence-corrected chi connectivity index (χ2v) is 4.50. The lowest BCUT2D eigenvalue weighted by Gasteiger charge is -2.27. The Morgan fingerprint density at radius 1 is 1.00 bits per heavy atom. The molecule has 0 amide bonds. The number of benzene rings is 1. The molecule has 0 aliphatic carbocycles. The summed E-state index contributed by atoms with van der Waals surface area (Å²) in [6, 6.07) is 10.7. The van der Waals surface area contributed by atoms with Crippen LogP contribution in [-0.4, -0.2) is 7.05 Å². The Labute approximate surface area is 101 Å². The summed E-state index contributed by atoms with van der Waals surface area (Å²) in [5.41, 5.74) is 6.30. The summed E-state index contributed by atoms with van der Waals surface area (Å²) in [5.74, 6) is 0.624. The van der Waals surface area contributed by atoms with Crippen LogP contribution in [0.5, 0.6) is 0 Å². The zero-order valence-electron chi connectivity index (χ0n) is 11.5. The molecule has 0 aliphatic heterocycles. The third-order valence-electron chi connectivity index (χ3n) is 2.60. The molecule has 0 radical (unpaired) electrons. The minimum atomic E-state index is 0.362. The molecule has 0 saturated heterocycles. The molecular weight excluding hydrogens is 194 g/mol. The Kier molecular flexibility index (Phi) is 9.92. The molecule has 1 unspecified atom stereocenters. The smallest absolute Gasteiger partial charge is 0.0142 e. The van der Waals surface area contributed by atoms with E-state index in [1.165, 1.54) is 12.6 Å². The molecule has 16 heavy (non-hydrogen) atoms. The second kappa shape index (κ2) is 9.17. The van der Waals surface area contributed by atoms with Crippen LogP contribution in [0, 0.1) is 5.41 Å². The molecule has 0 spiro atoms. The van der Waals surface area contributed by atoms with E-state index >= 15 is 0 Å². The normalized spacial score (nSPS) is 11.4. The molecule has 1 rings (SSSR count). The third-order valence-corrected chi connectivity index (χ3v) is 2.60. The van der Waals surface area contributed by atoms with Gasteiger partial charge in [-0.1, -0.05) is 58.0 Å². The third kappa shape index (κ3) is 6.41. The lowest BCUT2D eigenvalue weighted by atomic mass is 9.78. The average molecular weight is 221 g/mol. The van der Waals surface area contributed by atoms with Crippen LogP contribution in [0.25, 0.3) is 0 Å². The highest BCUT2D eigenvalue weighted by molar-refractivity contribution is 5.20. The summed E-state index contributed by atoms with van der Waals surface area (Å²) in [7, 11) is 1.50. The lowest BCUT2D eigenvalue weighted by molar-refractivity contribution is 0.339. The van der Waals surface area contributed by atoms with Crippen LogP contribution < -0.4 is 5.73 Å². The molecule has 1 aromatic carbocycles. The predicted molar refractivity (Wildman–Crippen MR) is 75.7 cm³/mol. The zero-order chi connectivity index (χ0) is 13.2. The van der Waals surface area contributed by atoms with E-state index in [9.17, 15) is 0 Å². The van der Waals surface area contributed by atoms with E-state index in [1.807, 2.05) is 0 Å². The van der Waals surface area contributed by atoms with Gasteiger partial charge >= 0.3 is 0 Å². The second-order valence-electron chi connectivity index (χ2n) is 4.50. The quantitative estimate of drug-likeness (QED) is 0.706. The van der Waals surface area contributed by atoms with E-state index in [2.05, 4.69) is 76.9 Å². The highest BCUT2D eigenvalue weighted by atomic mass is 14.4. The molecule has 0 aromatic heterocycles. The Morgan fingerprint density at radius 3 is 1.69 bits per heavy atom. The zero-order valence-corrected chi connectivity index (χ0v) is 11.5. The Balaban J connectivity index is 0. The monoisotopic (exact) mass is 221 g/mol. The van der Waals surface area contributed by atoms with Crippen molar-refractivity contribution in [2.75, 3.05) is 7.05 Å². The summed E-state index contributed by atoms with van der Waals surface area (Å²) in [4.78, 5) is 0. The maximum absolute atomic E-state index is 4.50. The van der Waals surface area contributed by atoms with Gasteiger partial charge in [0.1, 0.15) is 0 Å². The van der Waals surface area contributed by atoms with Gasteiger partial charge in [0.25, 0.3) is 0 Å². The SMILES string of the molecule is C=C.CC(c1ccccc1)C(C)(C)C.CN. The molecule has 1 heteroatoms. The summed E-state index contributed by atoms with van der Waals surface area (Å²) in [6.45, 7) is 15.1. The van der Waals surface area contributed by atoms with Gasteiger partial charge in [0.05, 0.1) is 0 Å². The van der Waals surface area contributed by atoms with E-state index in [1.54, 1.807) is 0 Å². The highest BCUT2D eigenvalue weighted by Gasteiger charge is 2.20. The summed E-state index contributed by atoms with van der Waals surface area (Å²) in [5, 5.41) is 0. The van der Waals surface area contributed by atoms with E-state index < -0.39 is 0 Å². The topological polar surface area (TPSA) is 26.0 Å². The van der Waals surface area contributed by atoms with E-state index in [4.69, 9.17) is 0 Å². The molecule has 0 bridgehead atoms. The number of hydrogen-bond acceptors (Lipinski definition) is 1. The first kappa shape index (κ1) is 17.3. The number of hydrogen-bond donors (Lipinski definition) is 1. The van der Waals surface area contributed by atoms with Crippen molar-refractivity contribution in [2.45, 2.75) is 33.6 Å². The van der Waals surface area contributed by atoms with Gasteiger partial charge in [-0.05, 0) is 23.9 Å². The molecule has 0 fully saturated rings. The van der Waals surface area contributed by atoms with Crippen molar-refractivity contribution in [3.05, 3.63) is 49.1 Å². The van der Waals surface area contributed by atoms with Gasteiger partial charge in [-0.3, -0.25) is 0 Å². The molecule has 0 aliphatic rings. The van der Waals surface area contributed by atoms with Crippen molar-refractivity contribution in [2.24, 2.45) is 11.1 Å². The van der Waals surface area contributed by atoms with E-state index in [0.29, 0.717) is 11.3 Å². The minimum Gasteiger partial charge on any atom is -0.333 e. The molecular formula is C15H27N. The van der Waals surface area contributed by atoms with E-state index in [-0.39, 0.29) is 0 Å². The number of rotatable bonds is 1. The van der Waals surface area contributed by atoms with Crippen LogP contribution in [0.3, 0.4) is 0 Å². The molecule has 0 heterocycles. The first-order valence-electron chi connectivity index (χ1n) is 5.64. The van der Waals surface area contributed by atoms with Gasteiger partial charge in [0.2, 0.25) is 0 Å². The van der Waals surface area contributed by atoms with Crippen molar-refractivity contribution >= 4 is 0 Å². The molecule has 2 N–H and O–H groups in total. The lowest BCUT2D eigenvalue weighted by Crippen LogP contribution is -2.14. The summed E-state index contributed by atoms with van der Waals surface area (Å²) >= 11 is 0. The van der Waals surface area contributed by atoms with Crippen LogP contribution >= 0.6 is 0 Å². The molecule has 1 atom stereocenters. The summed E-state index contributed by atoms with van der Waals surface area (Å²) < 4.78 is 0. The van der Waals surface area contributed by atoms with Crippen molar-refractivity contribution in [1.29, 1.82) is 0 Å². The minimum absolute atomic E-state index is 0.362. The maximum Gasteiger partial charge on any atom is -0.0142 e. The fourth-order valence-electron chi connectivity index (χ4n) is 1.24. The molecule has 92 valence electrons. The van der Waals surface area contributed by atoms with Gasteiger partial charge < -0.3 is 5.73 Å². The summed E-state index contributed by atoms with van der Waals surface area (Å²) in [6.07, 6.45) is 0. The van der Waals surface area contributed by atoms with Gasteiger partial charge in [-0.25, -0.2) is 0 Å². The van der Waals surface area contributed by atoms with Crippen LogP contribution in [-0.2, 0) is 0 Å². The van der Waals surface area contributed by atoms with Gasteiger partial charge in [0.15, 0.2) is 0 Å². The van der Waals surface area contributed by atoms with Crippen molar-refractivity contribution in [1.82, 2.24) is 0 Å². The Hall–Kier alpha value is -1.08. The molecule has 1 aromatic rings. The van der Waals surface area contributed by atoms with Gasteiger partial charge in [-0.2, -0.15) is 0 Å². The maximum atomic E-state index is 4.50. The average Bonchev–Trinajstić information content (AvgIpc) is 2.33. The van der Waals surface area contributed by atoms with Gasteiger partial charge in [-0.15, -0.1) is 13.2 Å². The predicted octanol–water partition coefficient (Wildman–Crippen LogP) is 4.21. The fraction of sp³-hybridized carbons (Fsp3) is 0.467. The Morgan fingerprint density at radius 2 is 1.38 bits per heavy atom. The molecule has 0 saturated carbocycles. The Bertz CT molecular complexity index is 246. The van der Waals surface area contributed by atoms with Crippen molar-refractivity contribution in [3.8, 4) is 0 Å². The largest absolute Gasteiger partial charge is 0.333 e. The van der Waals surface area contributed by atoms with Gasteiger partial charge in [0, 0.05) is 0 Å².